The summed E-state index contributed by atoms with van der Waals surface area (Å²) in [4.78, 5) is 7.81. The number of hydrogen-bond acceptors (Lipinski definition) is 3. The van der Waals surface area contributed by atoms with E-state index < -0.39 is 0 Å². The van der Waals surface area contributed by atoms with E-state index in [0.717, 1.165) is 44.4 Å². The van der Waals surface area contributed by atoms with Crippen molar-refractivity contribution in [3.05, 3.63) is 115 Å². The van der Waals surface area contributed by atoms with Gasteiger partial charge in [0.1, 0.15) is 0 Å². The fourth-order valence-corrected chi connectivity index (χ4v) is 4.29. The summed E-state index contributed by atoms with van der Waals surface area (Å²) in [5.41, 5.74) is 10.5. The highest BCUT2D eigenvalue weighted by atomic mass is 15.3. The fourth-order valence-electron chi connectivity index (χ4n) is 4.29. The van der Waals surface area contributed by atoms with Crippen molar-refractivity contribution >= 4 is 34.1 Å². The van der Waals surface area contributed by atoms with Crippen molar-refractivity contribution in [2.24, 2.45) is 5.10 Å². The van der Waals surface area contributed by atoms with Crippen LogP contribution in [0, 0.1) is 0 Å². The second-order valence-electron chi connectivity index (χ2n) is 7.79. The molecule has 0 aliphatic rings. The highest BCUT2D eigenvalue weighted by molar-refractivity contribution is 6.07. The number of para-hydroxylation sites is 4. The molecule has 2 heterocycles. The van der Waals surface area contributed by atoms with Gasteiger partial charge in [0.05, 0.1) is 28.5 Å². The molecule has 0 aliphatic carbocycles. The van der Waals surface area contributed by atoms with Crippen LogP contribution >= 0.6 is 0 Å². The van der Waals surface area contributed by atoms with E-state index in [1.54, 1.807) is 0 Å². The zero-order valence-electron chi connectivity index (χ0n) is 17.8. The van der Waals surface area contributed by atoms with Gasteiger partial charge in [-0.05, 0) is 35.9 Å². The summed E-state index contributed by atoms with van der Waals surface area (Å²) in [7, 11) is 0. The van der Waals surface area contributed by atoms with Crippen molar-refractivity contribution in [2.75, 3.05) is 5.43 Å². The molecule has 4 aromatic carbocycles. The van der Waals surface area contributed by atoms with Crippen molar-refractivity contribution in [3.8, 4) is 16.9 Å². The van der Waals surface area contributed by atoms with Crippen molar-refractivity contribution in [2.45, 2.75) is 0 Å². The van der Waals surface area contributed by atoms with Gasteiger partial charge in [0.2, 0.25) is 5.95 Å². The van der Waals surface area contributed by atoms with Gasteiger partial charge < -0.3 is 9.55 Å². The average molecular weight is 428 g/mol. The molecule has 6 aromatic rings. The zero-order valence-corrected chi connectivity index (χ0v) is 17.8. The number of hydrogen-bond donors (Lipinski definition) is 2. The zero-order chi connectivity index (χ0) is 22.0. The second-order valence-corrected chi connectivity index (χ2v) is 7.79. The highest BCUT2D eigenvalue weighted by Crippen LogP contribution is 2.35. The normalized spacial score (nSPS) is 11.5. The Morgan fingerprint density at radius 2 is 1.45 bits per heavy atom. The summed E-state index contributed by atoms with van der Waals surface area (Å²) in [5.74, 6) is 0.612. The van der Waals surface area contributed by atoms with E-state index in [2.05, 4.69) is 97.9 Å². The molecule has 0 saturated carbocycles. The molecule has 5 nitrogen and oxygen atoms in total. The van der Waals surface area contributed by atoms with Crippen molar-refractivity contribution < 1.29 is 0 Å². The lowest BCUT2D eigenvalue weighted by Crippen LogP contribution is -1.99. The van der Waals surface area contributed by atoms with Gasteiger partial charge in [-0.3, -0.25) is 0 Å². The lowest BCUT2D eigenvalue weighted by atomic mass is 10.1. The molecule has 0 aliphatic heterocycles. The molecule has 0 fully saturated rings. The Labute approximate surface area is 191 Å². The van der Waals surface area contributed by atoms with Crippen LogP contribution in [-0.4, -0.2) is 20.7 Å². The molecule has 0 bridgehead atoms. The fraction of sp³-hybridized carbons (Fsp3) is 0. The number of nitrogens with zero attached hydrogens (tertiary/aromatic N) is 3. The summed E-state index contributed by atoms with van der Waals surface area (Å²) in [5, 5.41) is 5.70. The number of anilines is 1. The van der Waals surface area contributed by atoms with E-state index in [9.17, 15) is 0 Å². The van der Waals surface area contributed by atoms with Gasteiger partial charge in [-0.15, -0.1) is 0 Å². The van der Waals surface area contributed by atoms with Crippen molar-refractivity contribution in [1.82, 2.24) is 14.5 Å². The molecule has 33 heavy (non-hydrogen) atoms. The smallest absolute Gasteiger partial charge is 0.222 e. The highest BCUT2D eigenvalue weighted by Gasteiger charge is 2.18. The first-order chi connectivity index (χ1) is 16.4. The molecular formula is C28H21N5. The van der Waals surface area contributed by atoms with Gasteiger partial charge in [-0.2, -0.15) is 5.10 Å². The minimum atomic E-state index is 0.612. The maximum absolute atomic E-state index is 4.57. The van der Waals surface area contributed by atoms with Gasteiger partial charge in [0.25, 0.3) is 0 Å². The molecule has 0 amide bonds. The van der Waals surface area contributed by atoms with E-state index in [1.807, 2.05) is 42.6 Å². The molecule has 6 rings (SSSR count). The van der Waals surface area contributed by atoms with Crippen LogP contribution in [0.25, 0.3) is 38.9 Å². The molecule has 2 aromatic heterocycles. The van der Waals surface area contributed by atoms with Crippen LogP contribution < -0.4 is 5.43 Å². The molecule has 0 saturated heterocycles. The summed E-state index contributed by atoms with van der Waals surface area (Å²) in [6, 6.07) is 37.2. The van der Waals surface area contributed by atoms with E-state index in [4.69, 9.17) is 0 Å². The third kappa shape index (κ3) is 3.46. The first-order valence-electron chi connectivity index (χ1n) is 10.9. The predicted octanol–water partition coefficient (Wildman–Crippen LogP) is 6.62. The Kier molecular flexibility index (Phi) is 4.70. The Balaban J connectivity index is 1.51. The molecule has 0 radical (unpaired) electrons. The number of rotatable bonds is 5. The molecular weight excluding hydrogens is 406 g/mol. The van der Waals surface area contributed by atoms with Crippen LogP contribution in [0.2, 0.25) is 0 Å². The standard InChI is InChI=1S/C28H21N5/c1-3-11-20(12-4-1)27-23(19-29-32-28-30-24-16-8-9-17-25(24)31-28)22-15-7-10-18-26(22)33(27)21-13-5-2-6-14-21/h1-19H,(H2,30,31,32). The van der Waals surface area contributed by atoms with Gasteiger partial charge in [0, 0.05) is 16.6 Å². The molecule has 158 valence electrons. The average Bonchev–Trinajstić information content (AvgIpc) is 3.44. The molecule has 5 heteroatoms. The van der Waals surface area contributed by atoms with E-state index in [0.29, 0.717) is 5.95 Å². The van der Waals surface area contributed by atoms with Crippen LogP contribution in [0.5, 0.6) is 0 Å². The number of hydrazone groups is 1. The maximum atomic E-state index is 4.57. The Hall–Kier alpha value is -4.64. The summed E-state index contributed by atoms with van der Waals surface area (Å²) >= 11 is 0. The quantitative estimate of drug-likeness (QED) is 0.240. The SMILES string of the molecule is C(=NNc1nc2ccccc2[nH]1)c1c(-c2ccccc2)n(-c2ccccc2)c2ccccc12. The summed E-state index contributed by atoms with van der Waals surface area (Å²) in [6.45, 7) is 0. The second kappa shape index (κ2) is 8.13. The predicted molar refractivity (Wildman–Crippen MR) is 136 cm³/mol. The van der Waals surface area contributed by atoms with E-state index in [-0.39, 0.29) is 0 Å². The minimum Gasteiger partial charge on any atom is -0.323 e. The summed E-state index contributed by atoms with van der Waals surface area (Å²) < 4.78 is 2.30. The Morgan fingerprint density at radius 1 is 0.758 bits per heavy atom. The number of imidazole rings is 1. The molecule has 2 N–H and O–H groups in total. The number of aromatic nitrogens is 3. The topological polar surface area (TPSA) is 58.0 Å². The van der Waals surface area contributed by atoms with Crippen LogP contribution in [-0.2, 0) is 0 Å². The van der Waals surface area contributed by atoms with Gasteiger partial charge >= 0.3 is 0 Å². The van der Waals surface area contributed by atoms with Gasteiger partial charge in [-0.1, -0.05) is 78.9 Å². The first kappa shape index (κ1) is 19.1. The number of aromatic amines is 1. The van der Waals surface area contributed by atoms with Crippen LogP contribution in [0.3, 0.4) is 0 Å². The largest absolute Gasteiger partial charge is 0.323 e. The lowest BCUT2D eigenvalue weighted by molar-refractivity contribution is 1.13. The van der Waals surface area contributed by atoms with Crippen LogP contribution in [0.1, 0.15) is 5.56 Å². The minimum absolute atomic E-state index is 0.612. The number of nitrogens with one attached hydrogen (secondary N) is 2. The number of fused-ring (bicyclic) bond motifs is 2. The molecule has 0 atom stereocenters. The van der Waals surface area contributed by atoms with Gasteiger partial charge in [-0.25, -0.2) is 10.4 Å². The maximum Gasteiger partial charge on any atom is 0.222 e. The Morgan fingerprint density at radius 3 is 2.27 bits per heavy atom. The monoisotopic (exact) mass is 427 g/mol. The van der Waals surface area contributed by atoms with Crippen LogP contribution in [0.15, 0.2) is 114 Å². The first-order valence-corrected chi connectivity index (χ1v) is 10.9. The summed E-state index contributed by atoms with van der Waals surface area (Å²) in [6.07, 6.45) is 1.89. The third-order valence-corrected chi connectivity index (χ3v) is 5.73. The number of benzene rings is 4. The van der Waals surface area contributed by atoms with Gasteiger partial charge in [0.15, 0.2) is 0 Å². The van der Waals surface area contributed by atoms with Crippen molar-refractivity contribution in [3.63, 3.8) is 0 Å². The molecule has 0 spiro atoms. The Bertz CT molecular complexity index is 1540. The van der Waals surface area contributed by atoms with E-state index >= 15 is 0 Å². The van der Waals surface area contributed by atoms with Crippen molar-refractivity contribution in [1.29, 1.82) is 0 Å². The van der Waals surface area contributed by atoms with E-state index in [1.165, 1.54) is 0 Å². The lowest BCUT2D eigenvalue weighted by Gasteiger charge is -2.12. The number of H-pyrrole nitrogens is 1. The third-order valence-electron chi connectivity index (χ3n) is 5.73. The molecule has 0 unspecified atom stereocenters. The van der Waals surface area contributed by atoms with Crippen LogP contribution in [0.4, 0.5) is 5.95 Å².